The van der Waals surface area contributed by atoms with E-state index in [2.05, 4.69) is 5.32 Å². The van der Waals surface area contributed by atoms with Crippen molar-refractivity contribution in [2.45, 2.75) is 19.8 Å². The molecular formula is C20H20F2N2O2. The molecule has 26 heavy (non-hydrogen) atoms. The number of rotatable bonds is 5. The molecule has 0 saturated carbocycles. The molecule has 3 rings (SSSR count). The van der Waals surface area contributed by atoms with Gasteiger partial charge in [-0.2, -0.15) is 0 Å². The minimum Gasteiger partial charge on any atom is -0.355 e. The maximum absolute atomic E-state index is 13.2. The van der Waals surface area contributed by atoms with Gasteiger partial charge in [0.15, 0.2) is 0 Å². The van der Waals surface area contributed by atoms with E-state index in [9.17, 15) is 18.4 Å². The van der Waals surface area contributed by atoms with Gasteiger partial charge in [-0.1, -0.05) is 17.7 Å². The number of carbonyl (C=O) groups is 2. The van der Waals surface area contributed by atoms with Gasteiger partial charge in [0.05, 0.1) is 5.92 Å². The first-order valence-corrected chi connectivity index (χ1v) is 8.52. The van der Waals surface area contributed by atoms with E-state index >= 15 is 0 Å². The van der Waals surface area contributed by atoms with E-state index in [-0.39, 0.29) is 24.8 Å². The fourth-order valence-electron chi connectivity index (χ4n) is 3.09. The van der Waals surface area contributed by atoms with Crippen molar-refractivity contribution in [1.82, 2.24) is 5.32 Å². The number of aryl methyl sites for hydroxylation is 1. The molecule has 0 radical (unpaired) electrons. The Hall–Kier alpha value is -2.76. The number of halogens is 2. The Morgan fingerprint density at radius 3 is 2.46 bits per heavy atom. The summed E-state index contributed by atoms with van der Waals surface area (Å²) >= 11 is 0. The van der Waals surface area contributed by atoms with Crippen molar-refractivity contribution in [1.29, 1.82) is 0 Å². The summed E-state index contributed by atoms with van der Waals surface area (Å²) in [6.07, 6.45) is 0.483. The summed E-state index contributed by atoms with van der Waals surface area (Å²) in [6, 6.07) is 10.9. The van der Waals surface area contributed by atoms with Crippen LogP contribution in [0, 0.1) is 24.5 Å². The van der Waals surface area contributed by atoms with Crippen molar-refractivity contribution in [2.75, 3.05) is 18.0 Å². The minimum absolute atomic E-state index is 0.0822. The van der Waals surface area contributed by atoms with Crippen molar-refractivity contribution in [3.05, 3.63) is 65.2 Å². The van der Waals surface area contributed by atoms with E-state index in [1.165, 1.54) is 12.1 Å². The van der Waals surface area contributed by atoms with Crippen molar-refractivity contribution in [3.63, 3.8) is 0 Å². The topological polar surface area (TPSA) is 49.4 Å². The molecule has 0 aliphatic carbocycles. The summed E-state index contributed by atoms with van der Waals surface area (Å²) in [7, 11) is 0. The fraction of sp³-hybridized carbons (Fsp3) is 0.300. The van der Waals surface area contributed by atoms with Crippen LogP contribution in [0.3, 0.4) is 0 Å². The first-order chi connectivity index (χ1) is 12.4. The predicted octanol–water partition coefficient (Wildman–Crippen LogP) is 2.99. The molecule has 2 aromatic rings. The number of hydrogen-bond donors (Lipinski definition) is 1. The summed E-state index contributed by atoms with van der Waals surface area (Å²) in [5, 5.41) is 2.75. The summed E-state index contributed by atoms with van der Waals surface area (Å²) in [5.41, 5.74) is 2.36. The standard InChI is InChI=1S/C20H20F2N2O2/c1-13-2-4-18(5-3-13)24-12-15(10-19(24)25)20(26)23-7-6-14-8-16(21)11-17(22)9-14/h2-5,8-9,11,15H,6-7,10,12H2,1H3,(H,23,26). The van der Waals surface area contributed by atoms with Crippen LogP contribution in [0.1, 0.15) is 17.5 Å². The third-order valence-corrected chi connectivity index (χ3v) is 4.48. The normalized spacial score (nSPS) is 16.8. The molecule has 0 bridgehead atoms. The monoisotopic (exact) mass is 358 g/mol. The van der Waals surface area contributed by atoms with Gasteiger partial charge in [-0.3, -0.25) is 9.59 Å². The molecule has 6 heteroatoms. The van der Waals surface area contributed by atoms with Crippen molar-refractivity contribution >= 4 is 17.5 Å². The van der Waals surface area contributed by atoms with E-state index in [0.29, 0.717) is 18.5 Å². The van der Waals surface area contributed by atoms with Gasteiger partial charge in [0.2, 0.25) is 11.8 Å². The lowest BCUT2D eigenvalue weighted by atomic mass is 10.1. The van der Waals surface area contributed by atoms with Crippen molar-refractivity contribution in [2.24, 2.45) is 5.92 Å². The second-order valence-electron chi connectivity index (χ2n) is 6.56. The molecule has 136 valence electrons. The fourth-order valence-corrected chi connectivity index (χ4v) is 3.09. The van der Waals surface area contributed by atoms with Crippen LogP contribution in [0.2, 0.25) is 0 Å². The molecule has 2 amide bonds. The van der Waals surface area contributed by atoms with Gasteiger partial charge in [-0.15, -0.1) is 0 Å². The molecular weight excluding hydrogens is 338 g/mol. The molecule has 1 unspecified atom stereocenters. The largest absolute Gasteiger partial charge is 0.355 e. The second-order valence-corrected chi connectivity index (χ2v) is 6.56. The summed E-state index contributed by atoms with van der Waals surface area (Å²) in [5.74, 6) is -2.00. The van der Waals surface area contributed by atoms with Crippen LogP contribution in [0.4, 0.5) is 14.5 Å². The molecule has 1 atom stereocenters. The highest BCUT2D eigenvalue weighted by molar-refractivity contribution is 6.00. The molecule has 1 fully saturated rings. The van der Waals surface area contributed by atoms with E-state index < -0.39 is 17.6 Å². The lowest BCUT2D eigenvalue weighted by molar-refractivity contribution is -0.126. The molecule has 1 saturated heterocycles. The number of nitrogens with one attached hydrogen (secondary N) is 1. The molecule has 4 nitrogen and oxygen atoms in total. The zero-order chi connectivity index (χ0) is 18.7. The van der Waals surface area contributed by atoms with E-state index in [0.717, 1.165) is 17.3 Å². The highest BCUT2D eigenvalue weighted by atomic mass is 19.1. The van der Waals surface area contributed by atoms with Gasteiger partial charge in [0.25, 0.3) is 0 Å². The quantitative estimate of drug-likeness (QED) is 0.893. The van der Waals surface area contributed by atoms with Gasteiger partial charge < -0.3 is 10.2 Å². The summed E-state index contributed by atoms with van der Waals surface area (Å²) in [6.45, 7) is 2.57. The highest BCUT2D eigenvalue weighted by Crippen LogP contribution is 2.25. The van der Waals surface area contributed by atoms with Crippen LogP contribution in [0.5, 0.6) is 0 Å². The Balaban J connectivity index is 1.54. The first-order valence-electron chi connectivity index (χ1n) is 8.52. The van der Waals surface area contributed by atoms with Crippen LogP contribution < -0.4 is 10.2 Å². The average Bonchev–Trinajstić information content (AvgIpc) is 2.96. The molecule has 1 heterocycles. The molecule has 0 spiro atoms. The smallest absolute Gasteiger partial charge is 0.227 e. The third-order valence-electron chi connectivity index (χ3n) is 4.48. The Morgan fingerprint density at radius 2 is 1.81 bits per heavy atom. The van der Waals surface area contributed by atoms with Crippen LogP contribution >= 0.6 is 0 Å². The Morgan fingerprint density at radius 1 is 1.15 bits per heavy atom. The SMILES string of the molecule is Cc1ccc(N2CC(C(=O)NCCc3cc(F)cc(F)c3)CC2=O)cc1. The molecule has 1 aliphatic heterocycles. The van der Waals surface area contributed by atoms with Crippen LogP contribution in [-0.2, 0) is 16.0 Å². The van der Waals surface area contributed by atoms with E-state index in [1.807, 2.05) is 31.2 Å². The third kappa shape index (κ3) is 4.25. The van der Waals surface area contributed by atoms with Gasteiger partial charge in [0.1, 0.15) is 11.6 Å². The number of nitrogens with zero attached hydrogens (tertiary/aromatic N) is 1. The molecule has 1 aliphatic rings. The van der Waals surface area contributed by atoms with Gasteiger partial charge >= 0.3 is 0 Å². The highest BCUT2D eigenvalue weighted by Gasteiger charge is 2.34. The second kappa shape index (κ2) is 7.64. The van der Waals surface area contributed by atoms with Crippen molar-refractivity contribution in [3.8, 4) is 0 Å². The van der Waals surface area contributed by atoms with Gasteiger partial charge in [-0.25, -0.2) is 8.78 Å². The summed E-state index contributed by atoms with van der Waals surface area (Å²) < 4.78 is 26.3. The van der Waals surface area contributed by atoms with Crippen LogP contribution in [0.25, 0.3) is 0 Å². The molecule has 0 aromatic heterocycles. The molecule has 2 aromatic carbocycles. The number of amides is 2. The maximum Gasteiger partial charge on any atom is 0.227 e. The number of anilines is 1. The Bertz CT molecular complexity index is 801. The lowest BCUT2D eigenvalue weighted by Crippen LogP contribution is -2.34. The zero-order valence-electron chi connectivity index (χ0n) is 14.5. The average molecular weight is 358 g/mol. The van der Waals surface area contributed by atoms with Crippen LogP contribution in [0.15, 0.2) is 42.5 Å². The minimum atomic E-state index is -0.638. The maximum atomic E-state index is 13.2. The first kappa shape index (κ1) is 18.0. The Labute approximate surface area is 150 Å². The number of hydrogen-bond acceptors (Lipinski definition) is 2. The zero-order valence-corrected chi connectivity index (χ0v) is 14.5. The van der Waals surface area contributed by atoms with E-state index in [4.69, 9.17) is 0 Å². The van der Waals surface area contributed by atoms with Crippen molar-refractivity contribution < 1.29 is 18.4 Å². The number of carbonyl (C=O) groups excluding carboxylic acids is 2. The van der Waals surface area contributed by atoms with Gasteiger partial charge in [-0.05, 0) is 43.2 Å². The van der Waals surface area contributed by atoms with Gasteiger partial charge in [0, 0.05) is 31.3 Å². The van der Waals surface area contributed by atoms with E-state index in [1.54, 1.807) is 4.90 Å². The predicted molar refractivity (Wildman–Crippen MR) is 94.7 cm³/mol. The Kier molecular flexibility index (Phi) is 5.30. The lowest BCUT2D eigenvalue weighted by Gasteiger charge is -2.17. The van der Waals surface area contributed by atoms with Crippen LogP contribution in [-0.4, -0.2) is 24.9 Å². The molecule has 1 N–H and O–H groups in total. The summed E-state index contributed by atoms with van der Waals surface area (Å²) in [4.78, 5) is 26.1. The number of benzene rings is 2.